The van der Waals surface area contributed by atoms with E-state index in [4.69, 9.17) is 10.8 Å². The molecule has 4 nitrogen and oxygen atoms in total. The average molecular weight is 142 g/mol. The fourth-order valence-corrected chi connectivity index (χ4v) is 0.880. The zero-order valence-electron chi connectivity index (χ0n) is 5.53. The summed E-state index contributed by atoms with van der Waals surface area (Å²) in [5, 5.41) is 9.05. The molecule has 0 saturated heterocycles. The molecule has 0 aromatic carbocycles. The number of nitrogens with two attached hydrogens (primary N) is 1. The van der Waals surface area contributed by atoms with Crippen LogP contribution >= 0.6 is 0 Å². The number of amides is 1. The van der Waals surface area contributed by atoms with E-state index in [2.05, 4.69) is 0 Å². The lowest BCUT2D eigenvalue weighted by atomic mass is 10.5. The first-order valence-corrected chi connectivity index (χ1v) is 3.12. The first kappa shape index (κ1) is 7.24. The number of carbonyl (C=O) groups excluding carboxylic acids is 1. The summed E-state index contributed by atoms with van der Waals surface area (Å²) in [6.07, 6.45) is 2.02. The number of carbonyl (C=O) groups is 1. The van der Waals surface area contributed by atoms with Gasteiger partial charge in [0.1, 0.15) is 6.23 Å². The minimum Gasteiger partial charge on any atom is -0.370 e. The summed E-state index contributed by atoms with van der Waals surface area (Å²) in [4.78, 5) is 12.1. The van der Waals surface area contributed by atoms with Gasteiger partial charge in [0.2, 0.25) is 5.91 Å². The maximum Gasteiger partial charge on any atom is 0.248 e. The molecule has 0 aliphatic carbocycles. The van der Waals surface area contributed by atoms with Crippen molar-refractivity contribution in [2.24, 2.45) is 5.73 Å². The van der Waals surface area contributed by atoms with Crippen LogP contribution < -0.4 is 5.73 Å². The van der Waals surface area contributed by atoms with Gasteiger partial charge in [-0.3, -0.25) is 4.79 Å². The van der Waals surface area contributed by atoms with Crippen LogP contribution in [0.2, 0.25) is 0 Å². The minimum absolute atomic E-state index is 0.169. The second-order valence-electron chi connectivity index (χ2n) is 2.09. The maximum absolute atomic E-state index is 10.8. The van der Waals surface area contributed by atoms with Gasteiger partial charge in [-0.1, -0.05) is 0 Å². The van der Waals surface area contributed by atoms with Gasteiger partial charge in [-0.25, -0.2) is 0 Å². The van der Waals surface area contributed by atoms with Crippen molar-refractivity contribution in [1.29, 1.82) is 0 Å². The number of hydrogen-bond acceptors (Lipinski definition) is 3. The van der Waals surface area contributed by atoms with E-state index in [0.29, 0.717) is 13.1 Å². The first-order chi connectivity index (χ1) is 4.75. The van der Waals surface area contributed by atoms with E-state index in [1.54, 1.807) is 0 Å². The summed E-state index contributed by atoms with van der Waals surface area (Å²) in [6.45, 7) is 0.789. The van der Waals surface area contributed by atoms with Gasteiger partial charge < -0.3 is 15.7 Å². The van der Waals surface area contributed by atoms with Crippen LogP contribution in [0.25, 0.3) is 0 Å². The fraction of sp³-hybridized carbons (Fsp3) is 0.500. The van der Waals surface area contributed by atoms with Crippen LogP contribution in [-0.4, -0.2) is 35.2 Å². The zero-order valence-corrected chi connectivity index (χ0v) is 5.53. The van der Waals surface area contributed by atoms with Crippen LogP contribution in [0.4, 0.5) is 0 Å². The van der Waals surface area contributed by atoms with Crippen LogP contribution in [0.1, 0.15) is 0 Å². The van der Waals surface area contributed by atoms with Crippen LogP contribution in [-0.2, 0) is 4.79 Å². The molecule has 1 unspecified atom stereocenters. The molecule has 1 amide bonds. The van der Waals surface area contributed by atoms with Gasteiger partial charge in [-0.15, -0.1) is 0 Å². The van der Waals surface area contributed by atoms with Crippen molar-refractivity contribution in [3.05, 3.63) is 12.2 Å². The lowest BCUT2D eigenvalue weighted by molar-refractivity contribution is -0.130. The SMILES string of the molecule is NCCN1C(=O)C=CC1O. The van der Waals surface area contributed by atoms with Crippen LogP contribution in [0.3, 0.4) is 0 Å². The highest BCUT2D eigenvalue weighted by Crippen LogP contribution is 2.06. The Balaban J connectivity index is 2.52. The van der Waals surface area contributed by atoms with Crippen LogP contribution in [0.5, 0.6) is 0 Å². The number of aliphatic hydroxyl groups excluding tert-OH is 1. The Labute approximate surface area is 58.9 Å². The van der Waals surface area contributed by atoms with E-state index in [1.807, 2.05) is 0 Å². The molecule has 1 aliphatic rings. The molecule has 4 heteroatoms. The molecule has 0 fully saturated rings. The van der Waals surface area contributed by atoms with Crippen molar-refractivity contribution in [3.8, 4) is 0 Å². The lowest BCUT2D eigenvalue weighted by Gasteiger charge is -2.18. The summed E-state index contributed by atoms with van der Waals surface area (Å²) in [5.74, 6) is -0.169. The molecule has 1 rings (SSSR count). The largest absolute Gasteiger partial charge is 0.370 e. The van der Waals surface area contributed by atoms with E-state index in [9.17, 15) is 4.79 Å². The quantitative estimate of drug-likeness (QED) is 0.501. The highest BCUT2D eigenvalue weighted by atomic mass is 16.3. The molecule has 0 aromatic rings. The summed E-state index contributed by atoms with van der Waals surface area (Å²) in [5.41, 5.74) is 5.20. The third kappa shape index (κ3) is 1.17. The topological polar surface area (TPSA) is 66.6 Å². The third-order valence-corrected chi connectivity index (χ3v) is 1.38. The molecular weight excluding hydrogens is 132 g/mol. The van der Waals surface area contributed by atoms with Crippen molar-refractivity contribution < 1.29 is 9.90 Å². The normalized spacial score (nSPS) is 24.4. The number of rotatable bonds is 2. The molecule has 1 atom stereocenters. The second-order valence-corrected chi connectivity index (χ2v) is 2.09. The molecule has 1 heterocycles. The number of nitrogens with zero attached hydrogens (tertiary/aromatic N) is 1. The summed E-state index contributed by atoms with van der Waals surface area (Å²) >= 11 is 0. The van der Waals surface area contributed by atoms with Gasteiger partial charge in [0.15, 0.2) is 0 Å². The Morgan fingerprint density at radius 2 is 2.50 bits per heavy atom. The predicted molar refractivity (Wildman–Crippen MR) is 35.9 cm³/mol. The highest BCUT2D eigenvalue weighted by Gasteiger charge is 2.21. The molecule has 0 radical (unpaired) electrons. The van der Waals surface area contributed by atoms with Gasteiger partial charge in [0.05, 0.1) is 0 Å². The van der Waals surface area contributed by atoms with E-state index in [1.165, 1.54) is 17.1 Å². The number of hydrogen-bond donors (Lipinski definition) is 2. The van der Waals surface area contributed by atoms with Gasteiger partial charge in [0.25, 0.3) is 0 Å². The van der Waals surface area contributed by atoms with E-state index in [-0.39, 0.29) is 5.91 Å². The molecule has 56 valence electrons. The van der Waals surface area contributed by atoms with E-state index < -0.39 is 6.23 Å². The molecule has 0 saturated carbocycles. The molecule has 0 spiro atoms. The molecular formula is C6H10N2O2. The van der Waals surface area contributed by atoms with Gasteiger partial charge in [-0.05, 0) is 6.08 Å². The molecule has 10 heavy (non-hydrogen) atoms. The Bertz CT molecular complexity index is 167. The predicted octanol–water partition coefficient (Wildman–Crippen LogP) is -1.34. The van der Waals surface area contributed by atoms with Gasteiger partial charge in [0, 0.05) is 19.2 Å². The van der Waals surface area contributed by atoms with Gasteiger partial charge in [-0.2, -0.15) is 0 Å². The number of aliphatic hydroxyl groups is 1. The Morgan fingerprint density at radius 3 is 2.90 bits per heavy atom. The standard InChI is InChI=1S/C6H10N2O2/c7-3-4-8-5(9)1-2-6(8)10/h1-2,5,9H,3-4,7H2. The highest BCUT2D eigenvalue weighted by molar-refractivity contribution is 5.90. The van der Waals surface area contributed by atoms with Crippen LogP contribution in [0, 0.1) is 0 Å². The van der Waals surface area contributed by atoms with Crippen molar-refractivity contribution in [2.75, 3.05) is 13.1 Å². The minimum atomic E-state index is -0.768. The first-order valence-electron chi connectivity index (χ1n) is 3.12. The molecule has 3 N–H and O–H groups in total. The fourth-order valence-electron chi connectivity index (χ4n) is 0.880. The molecule has 0 bridgehead atoms. The monoisotopic (exact) mass is 142 g/mol. The summed E-state index contributed by atoms with van der Waals surface area (Å²) in [6, 6.07) is 0. The van der Waals surface area contributed by atoms with Crippen molar-refractivity contribution in [3.63, 3.8) is 0 Å². The van der Waals surface area contributed by atoms with Gasteiger partial charge >= 0.3 is 0 Å². The lowest BCUT2D eigenvalue weighted by Crippen LogP contribution is -2.37. The van der Waals surface area contributed by atoms with Crippen molar-refractivity contribution >= 4 is 5.91 Å². The molecule has 0 aromatic heterocycles. The third-order valence-electron chi connectivity index (χ3n) is 1.38. The average Bonchev–Trinajstić information content (AvgIpc) is 2.20. The smallest absolute Gasteiger partial charge is 0.248 e. The van der Waals surface area contributed by atoms with E-state index >= 15 is 0 Å². The second kappa shape index (κ2) is 2.81. The zero-order chi connectivity index (χ0) is 7.56. The summed E-state index contributed by atoms with van der Waals surface area (Å²) in [7, 11) is 0. The van der Waals surface area contributed by atoms with Crippen molar-refractivity contribution in [2.45, 2.75) is 6.23 Å². The Kier molecular flexibility index (Phi) is 2.03. The summed E-state index contributed by atoms with van der Waals surface area (Å²) < 4.78 is 0. The maximum atomic E-state index is 10.8. The Hall–Kier alpha value is -0.870. The molecule has 1 aliphatic heterocycles. The van der Waals surface area contributed by atoms with Crippen LogP contribution in [0.15, 0.2) is 12.2 Å². The van der Waals surface area contributed by atoms with Crippen molar-refractivity contribution in [1.82, 2.24) is 4.90 Å². The Morgan fingerprint density at radius 1 is 1.80 bits per heavy atom. The van der Waals surface area contributed by atoms with E-state index in [0.717, 1.165) is 0 Å².